The molecule has 0 unspecified atom stereocenters. The molecule has 1 heterocycles. The predicted molar refractivity (Wildman–Crippen MR) is 171 cm³/mol. The van der Waals surface area contributed by atoms with Crippen molar-refractivity contribution in [3.05, 3.63) is 108 Å². The molecule has 1 aliphatic heterocycles. The summed E-state index contributed by atoms with van der Waals surface area (Å²) >= 11 is 0. The molecule has 0 bridgehead atoms. The number of esters is 4. The van der Waals surface area contributed by atoms with Crippen LogP contribution in [0.2, 0.25) is 0 Å². The topological polar surface area (TPSA) is 124 Å². The molecule has 3 aromatic rings. The molecule has 1 fully saturated rings. The lowest BCUT2D eigenvalue weighted by Crippen LogP contribution is -2.63. The smallest absolute Gasteiger partial charge is 0.307 e. The maximum Gasteiger partial charge on any atom is 0.307 e. The highest BCUT2D eigenvalue weighted by Crippen LogP contribution is 2.41. The Bertz CT molecular complexity index is 1360. The molecular formula is C37H42O10. The molecule has 0 aliphatic carbocycles. The molecule has 10 nitrogen and oxygen atoms in total. The summed E-state index contributed by atoms with van der Waals surface area (Å²) in [6, 6.07) is 28.9. The molecule has 0 N–H and O–H groups in total. The van der Waals surface area contributed by atoms with Gasteiger partial charge in [0.05, 0.1) is 6.61 Å². The van der Waals surface area contributed by atoms with Crippen LogP contribution >= 0.6 is 0 Å². The molecule has 0 saturated carbocycles. The highest BCUT2D eigenvalue weighted by Gasteiger charge is 2.54. The summed E-state index contributed by atoms with van der Waals surface area (Å²) in [6.45, 7) is 6.19. The SMILES string of the molecule is CCC(=O)O[C@@H]1O[C@H](COC(c2ccccc2)(c2ccccc2)c2ccccc2)[C@@H](OC(=O)CC)[C@H](OC(=O)CC)[C@H]1OC(=O)CC. The Kier molecular flexibility index (Phi) is 12.7. The standard InChI is InChI=1S/C37H42O10/c1-5-29(38)44-33-28(43-36(47-32(41)8-4)35(46-31(40)7-3)34(33)45-30(39)6-2)24-42-37(25-18-12-9-13-19-25,26-20-14-10-15-21-26)27-22-16-11-17-23-27/h9-23,28,33-36H,5-8,24H2,1-4H3/t28-,33-,34+,35-,36+/m1/s1. The molecule has 47 heavy (non-hydrogen) atoms. The Balaban J connectivity index is 1.85. The first-order valence-corrected chi connectivity index (χ1v) is 16.0. The molecule has 0 spiro atoms. The van der Waals surface area contributed by atoms with Crippen molar-refractivity contribution in [3.8, 4) is 0 Å². The second-order valence-electron chi connectivity index (χ2n) is 10.9. The Morgan fingerprint density at radius 1 is 0.532 bits per heavy atom. The van der Waals surface area contributed by atoms with Crippen LogP contribution in [0, 0.1) is 0 Å². The van der Waals surface area contributed by atoms with Crippen LogP contribution in [0.1, 0.15) is 70.1 Å². The Labute approximate surface area is 275 Å². The number of ether oxygens (including phenoxy) is 6. The van der Waals surface area contributed by atoms with Crippen LogP contribution in [0.5, 0.6) is 0 Å². The van der Waals surface area contributed by atoms with Crippen LogP contribution in [0.4, 0.5) is 0 Å². The van der Waals surface area contributed by atoms with Gasteiger partial charge in [0.25, 0.3) is 0 Å². The van der Waals surface area contributed by atoms with Gasteiger partial charge < -0.3 is 28.4 Å². The van der Waals surface area contributed by atoms with E-state index in [0.29, 0.717) is 0 Å². The number of carbonyl (C=O) groups excluding carboxylic acids is 4. The molecule has 1 saturated heterocycles. The molecule has 4 rings (SSSR count). The monoisotopic (exact) mass is 646 g/mol. The van der Waals surface area contributed by atoms with E-state index in [1.165, 1.54) is 0 Å². The lowest BCUT2D eigenvalue weighted by atomic mass is 9.80. The van der Waals surface area contributed by atoms with Gasteiger partial charge in [0.15, 0.2) is 12.2 Å². The van der Waals surface area contributed by atoms with E-state index >= 15 is 0 Å². The van der Waals surface area contributed by atoms with E-state index in [2.05, 4.69) is 0 Å². The van der Waals surface area contributed by atoms with Gasteiger partial charge in [-0.25, -0.2) is 0 Å². The maximum absolute atomic E-state index is 12.8. The second-order valence-corrected chi connectivity index (χ2v) is 10.9. The van der Waals surface area contributed by atoms with Crippen LogP contribution in [0.15, 0.2) is 91.0 Å². The molecule has 0 radical (unpaired) electrons. The van der Waals surface area contributed by atoms with Gasteiger partial charge >= 0.3 is 23.9 Å². The molecular weight excluding hydrogens is 604 g/mol. The first-order chi connectivity index (χ1) is 22.8. The third-order valence-corrected chi connectivity index (χ3v) is 7.80. The highest BCUT2D eigenvalue weighted by molar-refractivity contribution is 5.72. The van der Waals surface area contributed by atoms with Crippen LogP contribution in [0.25, 0.3) is 0 Å². The highest BCUT2D eigenvalue weighted by atomic mass is 16.7. The fourth-order valence-electron chi connectivity index (χ4n) is 5.40. The normalized spacial score (nSPS) is 20.9. The van der Waals surface area contributed by atoms with Gasteiger partial charge in [-0.1, -0.05) is 119 Å². The van der Waals surface area contributed by atoms with Crippen molar-refractivity contribution < 1.29 is 47.6 Å². The molecule has 250 valence electrons. The third-order valence-electron chi connectivity index (χ3n) is 7.80. The minimum Gasteiger partial charge on any atom is -0.455 e. The van der Waals surface area contributed by atoms with Crippen molar-refractivity contribution in [2.24, 2.45) is 0 Å². The number of hydrogen-bond donors (Lipinski definition) is 0. The van der Waals surface area contributed by atoms with Gasteiger partial charge in [0, 0.05) is 25.7 Å². The zero-order chi connectivity index (χ0) is 33.8. The fraction of sp³-hybridized carbons (Fsp3) is 0.405. The lowest BCUT2D eigenvalue weighted by Gasteiger charge is -2.45. The van der Waals surface area contributed by atoms with Crippen molar-refractivity contribution in [2.75, 3.05) is 6.61 Å². The quantitative estimate of drug-likeness (QED) is 0.124. The third kappa shape index (κ3) is 8.44. The number of hydrogen-bond acceptors (Lipinski definition) is 10. The summed E-state index contributed by atoms with van der Waals surface area (Å²) in [6.07, 6.45) is -6.72. The predicted octanol–water partition coefficient (Wildman–Crippen LogP) is 5.64. The van der Waals surface area contributed by atoms with E-state index in [1.54, 1.807) is 27.7 Å². The average Bonchev–Trinajstić information content (AvgIpc) is 3.12. The fourth-order valence-corrected chi connectivity index (χ4v) is 5.40. The number of rotatable bonds is 14. The summed E-state index contributed by atoms with van der Waals surface area (Å²) in [5, 5.41) is 0. The van der Waals surface area contributed by atoms with Crippen LogP contribution in [-0.2, 0) is 53.2 Å². The molecule has 5 atom stereocenters. The van der Waals surface area contributed by atoms with E-state index in [0.717, 1.165) is 16.7 Å². The van der Waals surface area contributed by atoms with Gasteiger partial charge in [-0.05, 0) is 16.7 Å². The largest absolute Gasteiger partial charge is 0.455 e. The van der Waals surface area contributed by atoms with Gasteiger partial charge in [-0.3, -0.25) is 19.2 Å². The van der Waals surface area contributed by atoms with Crippen LogP contribution in [-0.4, -0.2) is 61.2 Å². The van der Waals surface area contributed by atoms with Crippen molar-refractivity contribution in [3.63, 3.8) is 0 Å². The van der Waals surface area contributed by atoms with Gasteiger partial charge in [-0.15, -0.1) is 0 Å². The summed E-state index contributed by atoms with van der Waals surface area (Å²) < 4.78 is 36.2. The number of benzene rings is 3. The second kappa shape index (κ2) is 16.9. The first kappa shape index (κ1) is 35.3. The van der Waals surface area contributed by atoms with Crippen molar-refractivity contribution in [2.45, 2.75) is 89.7 Å². The maximum atomic E-state index is 12.8. The van der Waals surface area contributed by atoms with E-state index in [4.69, 9.17) is 28.4 Å². The molecule has 0 amide bonds. The number of carbonyl (C=O) groups is 4. The van der Waals surface area contributed by atoms with Crippen molar-refractivity contribution in [1.82, 2.24) is 0 Å². The summed E-state index contributed by atoms with van der Waals surface area (Å²) in [4.78, 5) is 50.8. The summed E-state index contributed by atoms with van der Waals surface area (Å²) in [5.41, 5.74) is 1.26. The van der Waals surface area contributed by atoms with Crippen molar-refractivity contribution in [1.29, 1.82) is 0 Å². The minimum atomic E-state index is -1.49. The van der Waals surface area contributed by atoms with E-state index in [1.807, 2.05) is 91.0 Å². The molecule has 0 aromatic heterocycles. The Morgan fingerprint density at radius 3 is 1.30 bits per heavy atom. The zero-order valence-corrected chi connectivity index (χ0v) is 27.2. The zero-order valence-electron chi connectivity index (χ0n) is 27.2. The van der Waals surface area contributed by atoms with Crippen molar-refractivity contribution >= 4 is 23.9 Å². The molecule has 3 aromatic carbocycles. The summed E-state index contributed by atoms with van der Waals surface area (Å²) in [7, 11) is 0. The molecule has 10 heteroatoms. The average molecular weight is 647 g/mol. The minimum absolute atomic E-state index is 0.00225. The van der Waals surface area contributed by atoms with E-state index in [9.17, 15) is 19.2 Å². The Morgan fingerprint density at radius 2 is 0.894 bits per heavy atom. The van der Waals surface area contributed by atoms with Gasteiger partial charge in [-0.2, -0.15) is 0 Å². The lowest BCUT2D eigenvalue weighted by molar-refractivity contribution is -0.304. The van der Waals surface area contributed by atoms with Gasteiger partial charge in [0.1, 0.15) is 11.7 Å². The van der Waals surface area contributed by atoms with Crippen LogP contribution < -0.4 is 0 Å². The Hall–Kier alpha value is -4.54. The van der Waals surface area contributed by atoms with E-state index < -0.39 is 60.2 Å². The van der Waals surface area contributed by atoms with Crippen LogP contribution in [0.3, 0.4) is 0 Å². The summed E-state index contributed by atoms with van der Waals surface area (Å²) in [5.74, 6) is -2.53. The first-order valence-electron chi connectivity index (χ1n) is 16.0. The molecule has 1 aliphatic rings. The van der Waals surface area contributed by atoms with E-state index in [-0.39, 0.29) is 32.3 Å². The van der Waals surface area contributed by atoms with Gasteiger partial charge in [0.2, 0.25) is 12.4 Å².